The second-order valence-electron chi connectivity index (χ2n) is 3.95. The summed E-state index contributed by atoms with van der Waals surface area (Å²) in [5, 5.41) is 2.69. The van der Waals surface area contributed by atoms with Gasteiger partial charge < -0.3 is 14.8 Å². The number of esters is 1. The molecule has 0 rings (SSSR count). The van der Waals surface area contributed by atoms with Gasteiger partial charge in [0.25, 0.3) is 0 Å². The van der Waals surface area contributed by atoms with Gasteiger partial charge in [-0.3, -0.25) is 0 Å². The monoisotopic (exact) mass is 257 g/mol. The standard InChI is InChI=1S/C13H23NO4/c1-4-7-8-11(10-18-12(15)6-3)14-13(16)17-9-5-2/h6,11H,3-5,7-10H2,1-2H3,(H,14,16). The molecule has 0 heterocycles. The molecule has 0 aliphatic rings. The first-order chi connectivity index (χ1) is 8.63. The SMILES string of the molecule is C=CC(=O)OCC(CCCC)NC(=O)OCCC. The number of alkyl carbamates (subject to hydrolysis) is 1. The summed E-state index contributed by atoms with van der Waals surface area (Å²) >= 11 is 0. The second-order valence-corrected chi connectivity index (χ2v) is 3.95. The summed E-state index contributed by atoms with van der Waals surface area (Å²) in [5.41, 5.74) is 0. The summed E-state index contributed by atoms with van der Waals surface area (Å²) in [6.45, 7) is 7.83. The molecule has 0 radical (unpaired) electrons. The van der Waals surface area contributed by atoms with E-state index >= 15 is 0 Å². The number of nitrogens with one attached hydrogen (secondary N) is 1. The minimum absolute atomic E-state index is 0.145. The van der Waals surface area contributed by atoms with Crippen molar-refractivity contribution in [3.63, 3.8) is 0 Å². The molecule has 1 N–H and O–H groups in total. The average Bonchev–Trinajstić information content (AvgIpc) is 2.38. The quantitative estimate of drug-likeness (QED) is 0.509. The van der Waals surface area contributed by atoms with Crippen LogP contribution in [-0.2, 0) is 14.3 Å². The molecule has 1 atom stereocenters. The van der Waals surface area contributed by atoms with Crippen molar-refractivity contribution in [1.82, 2.24) is 5.32 Å². The lowest BCUT2D eigenvalue weighted by molar-refractivity contribution is -0.138. The van der Waals surface area contributed by atoms with Gasteiger partial charge in [-0.15, -0.1) is 0 Å². The van der Waals surface area contributed by atoms with E-state index in [1.165, 1.54) is 0 Å². The van der Waals surface area contributed by atoms with Gasteiger partial charge in [-0.25, -0.2) is 9.59 Å². The number of carbonyl (C=O) groups excluding carboxylic acids is 2. The number of hydrogen-bond donors (Lipinski definition) is 1. The number of unbranched alkanes of at least 4 members (excludes halogenated alkanes) is 1. The van der Waals surface area contributed by atoms with Gasteiger partial charge in [0.1, 0.15) is 6.61 Å². The lowest BCUT2D eigenvalue weighted by atomic mass is 10.1. The van der Waals surface area contributed by atoms with Crippen molar-refractivity contribution in [1.29, 1.82) is 0 Å². The average molecular weight is 257 g/mol. The Balaban J connectivity index is 4.07. The molecule has 18 heavy (non-hydrogen) atoms. The summed E-state index contributed by atoms with van der Waals surface area (Å²) in [7, 11) is 0. The molecule has 0 aliphatic carbocycles. The van der Waals surface area contributed by atoms with Crippen molar-refractivity contribution >= 4 is 12.1 Å². The van der Waals surface area contributed by atoms with Crippen molar-refractivity contribution < 1.29 is 19.1 Å². The molecule has 104 valence electrons. The minimum atomic E-state index is -0.486. The van der Waals surface area contributed by atoms with Gasteiger partial charge in [0.05, 0.1) is 12.6 Å². The molecule has 0 bridgehead atoms. The van der Waals surface area contributed by atoms with Crippen LogP contribution >= 0.6 is 0 Å². The van der Waals surface area contributed by atoms with E-state index < -0.39 is 12.1 Å². The van der Waals surface area contributed by atoms with E-state index in [2.05, 4.69) is 18.8 Å². The van der Waals surface area contributed by atoms with Crippen LogP contribution in [0.3, 0.4) is 0 Å². The van der Waals surface area contributed by atoms with Gasteiger partial charge in [0.15, 0.2) is 0 Å². The Morgan fingerprint density at radius 3 is 2.56 bits per heavy atom. The number of rotatable bonds is 9. The molecule has 0 aromatic heterocycles. The molecule has 0 aromatic carbocycles. The van der Waals surface area contributed by atoms with Crippen LogP contribution in [0.5, 0.6) is 0 Å². The first kappa shape index (κ1) is 16.5. The van der Waals surface area contributed by atoms with Crippen LogP contribution in [0, 0.1) is 0 Å². The van der Waals surface area contributed by atoms with Gasteiger partial charge in [-0.05, 0) is 12.8 Å². The lowest BCUT2D eigenvalue weighted by Gasteiger charge is -2.17. The normalized spacial score (nSPS) is 11.4. The van der Waals surface area contributed by atoms with Gasteiger partial charge in [0, 0.05) is 6.08 Å². The first-order valence-electron chi connectivity index (χ1n) is 6.36. The number of amides is 1. The van der Waals surface area contributed by atoms with Crippen LogP contribution < -0.4 is 5.32 Å². The Kier molecular flexibility index (Phi) is 9.73. The van der Waals surface area contributed by atoms with Gasteiger partial charge in [-0.1, -0.05) is 33.3 Å². The highest BCUT2D eigenvalue weighted by Crippen LogP contribution is 2.02. The largest absolute Gasteiger partial charge is 0.460 e. The predicted molar refractivity (Wildman–Crippen MR) is 69.2 cm³/mol. The molecule has 1 amide bonds. The minimum Gasteiger partial charge on any atom is -0.460 e. The first-order valence-corrected chi connectivity index (χ1v) is 6.36. The van der Waals surface area contributed by atoms with Crippen LogP contribution in [0.4, 0.5) is 4.79 Å². The summed E-state index contributed by atoms with van der Waals surface area (Å²) < 4.78 is 9.85. The summed E-state index contributed by atoms with van der Waals surface area (Å²) in [6, 6.07) is -0.210. The van der Waals surface area contributed by atoms with Gasteiger partial charge in [0.2, 0.25) is 0 Å². The Morgan fingerprint density at radius 1 is 1.28 bits per heavy atom. The van der Waals surface area contributed by atoms with Crippen molar-refractivity contribution in [2.24, 2.45) is 0 Å². The Hall–Kier alpha value is -1.52. The highest BCUT2D eigenvalue weighted by atomic mass is 16.6. The molecule has 0 aliphatic heterocycles. The smallest absolute Gasteiger partial charge is 0.407 e. The van der Waals surface area contributed by atoms with Crippen molar-refractivity contribution in [2.45, 2.75) is 45.6 Å². The van der Waals surface area contributed by atoms with Crippen LogP contribution in [0.15, 0.2) is 12.7 Å². The van der Waals surface area contributed by atoms with E-state index in [9.17, 15) is 9.59 Å². The van der Waals surface area contributed by atoms with E-state index in [-0.39, 0.29) is 12.6 Å². The van der Waals surface area contributed by atoms with E-state index in [0.717, 1.165) is 31.8 Å². The topological polar surface area (TPSA) is 64.6 Å². The highest BCUT2D eigenvalue weighted by molar-refractivity contribution is 5.81. The third-order valence-electron chi connectivity index (χ3n) is 2.26. The number of carbonyl (C=O) groups is 2. The molecule has 0 saturated heterocycles. The second kappa shape index (κ2) is 10.6. The lowest BCUT2D eigenvalue weighted by Crippen LogP contribution is -2.39. The zero-order chi connectivity index (χ0) is 13.8. The third-order valence-corrected chi connectivity index (χ3v) is 2.26. The van der Waals surface area contributed by atoms with Crippen LogP contribution in [0.1, 0.15) is 39.5 Å². The Labute approximate surface area is 109 Å². The van der Waals surface area contributed by atoms with Crippen LogP contribution in [-0.4, -0.2) is 31.3 Å². The molecule has 0 aromatic rings. The highest BCUT2D eigenvalue weighted by Gasteiger charge is 2.14. The number of ether oxygens (including phenoxy) is 2. The van der Waals surface area contributed by atoms with E-state index in [1.54, 1.807) is 0 Å². The fourth-order valence-corrected chi connectivity index (χ4v) is 1.29. The van der Waals surface area contributed by atoms with Gasteiger partial charge >= 0.3 is 12.1 Å². The van der Waals surface area contributed by atoms with Crippen LogP contribution in [0.2, 0.25) is 0 Å². The Morgan fingerprint density at radius 2 is 2.00 bits per heavy atom. The maximum absolute atomic E-state index is 11.4. The summed E-state index contributed by atoms with van der Waals surface area (Å²) in [6.07, 6.45) is 4.13. The van der Waals surface area contributed by atoms with Gasteiger partial charge in [-0.2, -0.15) is 0 Å². The zero-order valence-corrected chi connectivity index (χ0v) is 11.2. The molecule has 0 saturated carbocycles. The fourth-order valence-electron chi connectivity index (χ4n) is 1.29. The van der Waals surface area contributed by atoms with Crippen LogP contribution in [0.25, 0.3) is 0 Å². The van der Waals surface area contributed by atoms with E-state index in [0.29, 0.717) is 6.61 Å². The molecule has 5 heteroatoms. The molecule has 0 fully saturated rings. The molecule has 0 spiro atoms. The van der Waals surface area contributed by atoms with Crippen molar-refractivity contribution in [2.75, 3.05) is 13.2 Å². The van der Waals surface area contributed by atoms with Crippen molar-refractivity contribution in [3.8, 4) is 0 Å². The predicted octanol–water partition coefficient (Wildman–Crippen LogP) is 2.41. The van der Waals surface area contributed by atoms with Crippen molar-refractivity contribution in [3.05, 3.63) is 12.7 Å². The molecule has 1 unspecified atom stereocenters. The molecular formula is C13H23NO4. The fraction of sp³-hybridized carbons (Fsp3) is 0.692. The van der Waals surface area contributed by atoms with E-state index in [1.807, 2.05) is 6.92 Å². The summed E-state index contributed by atoms with van der Waals surface area (Å²) in [5.74, 6) is -0.486. The Bertz CT molecular complexity index is 266. The third kappa shape index (κ3) is 8.61. The maximum atomic E-state index is 11.4. The maximum Gasteiger partial charge on any atom is 0.407 e. The zero-order valence-electron chi connectivity index (χ0n) is 11.2. The molecule has 5 nitrogen and oxygen atoms in total. The number of hydrogen-bond acceptors (Lipinski definition) is 4. The van der Waals surface area contributed by atoms with E-state index in [4.69, 9.17) is 9.47 Å². The molecular weight excluding hydrogens is 234 g/mol. The summed E-state index contributed by atoms with van der Waals surface area (Å²) in [4.78, 5) is 22.4.